The van der Waals surface area contributed by atoms with Crippen LogP contribution in [0.1, 0.15) is 32.6 Å². The maximum Gasteiger partial charge on any atom is 0.343 e. The van der Waals surface area contributed by atoms with E-state index in [4.69, 9.17) is 4.74 Å². The lowest BCUT2D eigenvalue weighted by atomic mass is 10.0. The molecule has 0 amide bonds. The van der Waals surface area contributed by atoms with Crippen LogP contribution in [-0.4, -0.2) is 11.1 Å². The summed E-state index contributed by atoms with van der Waals surface area (Å²) in [6, 6.07) is 16.4. The van der Waals surface area contributed by atoms with Crippen LogP contribution in [0.25, 0.3) is 12.2 Å². The molecule has 3 nitrogen and oxygen atoms in total. The smallest absolute Gasteiger partial charge is 0.343 e. The van der Waals surface area contributed by atoms with Crippen LogP contribution in [0.15, 0.2) is 60.7 Å². The summed E-state index contributed by atoms with van der Waals surface area (Å²) in [5.74, 6) is -0.972. The van der Waals surface area contributed by atoms with Crippen molar-refractivity contribution in [3.05, 3.63) is 94.3 Å². The molecule has 0 spiro atoms. The zero-order chi connectivity index (χ0) is 19.4. The van der Waals surface area contributed by atoms with Crippen molar-refractivity contribution in [2.75, 3.05) is 0 Å². The largest absolute Gasteiger partial charge is 0.507 e. The molecule has 0 radical (unpaired) electrons. The molecule has 4 heteroatoms. The van der Waals surface area contributed by atoms with Crippen molar-refractivity contribution in [3.63, 3.8) is 0 Å². The van der Waals surface area contributed by atoms with E-state index in [0.29, 0.717) is 11.3 Å². The molecule has 0 heterocycles. The highest BCUT2D eigenvalue weighted by molar-refractivity contribution is 5.91. The van der Waals surface area contributed by atoms with E-state index in [1.807, 2.05) is 38.1 Å². The molecule has 3 aromatic rings. The fourth-order valence-corrected chi connectivity index (χ4v) is 2.69. The monoisotopic (exact) mass is 362 g/mol. The number of para-hydroxylation sites is 1. The number of phenolic OH excluding ortho intramolecular Hbond substituents is 1. The minimum Gasteiger partial charge on any atom is -0.507 e. The van der Waals surface area contributed by atoms with Gasteiger partial charge in [-0.3, -0.25) is 0 Å². The maximum absolute atomic E-state index is 13.6. The van der Waals surface area contributed by atoms with Gasteiger partial charge < -0.3 is 9.84 Å². The Balaban J connectivity index is 1.72. The number of ether oxygens (including phenoxy) is 1. The Bertz CT molecular complexity index is 981. The van der Waals surface area contributed by atoms with E-state index in [1.165, 1.54) is 18.2 Å². The number of benzene rings is 3. The first-order valence-corrected chi connectivity index (χ1v) is 8.49. The van der Waals surface area contributed by atoms with Gasteiger partial charge in [0.25, 0.3) is 0 Å². The van der Waals surface area contributed by atoms with Crippen LogP contribution in [-0.2, 0) is 0 Å². The minimum absolute atomic E-state index is 0.0930. The van der Waals surface area contributed by atoms with Gasteiger partial charge in [-0.1, -0.05) is 36.4 Å². The van der Waals surface area contributed by atoms with E-state index < -0.39 is 11.8 Å². The quantitative estimate of drug-likeness (QED) is 0.377. The number of hydrogen-bond donors (Lipinski definition) is 1. The average Bonchev–Trinajstić information content (AvgIpc) is 2.66. The van der Waals surface area contributed by atoms with Gasteiger partial charge in [0.05, 0.1) is 5.56 Å². The summed E-state index contributed by atoms with van der Waals surface area (Å²) < 4.78 is 18.7. The van der Waals surface area contributed by atoms with E-state index in [-0.39, 0.29) is 5.75 Å². The zero-order valence-electron chi connectivity index (χ0n) is 15.1. The Morgan fingerprint density at radius 1 is 0.926 bits per heavy atom. The van der Waals surface area contributed by atoms with Crippen LogP contribution in [0.3, 0.4) is 0 Å². The molecule has 0 fully saturated rings. The van der Waals surface area contributed by atoms with Crippen LogP contribution < -0.4 is 4.74 Å². The first-order valence-electron chi connectivity index (χ1n) is 8.49. The van der Waals surface area contributed by atoms with Crippen LogP contribution in [0.5, 0.6) is 11.5 Å². The van der Waals surface area contributed by atoms with E-state index >= 15 is 0 Å². The van der Waals surface area contributed by atoms with E-state index in [9.17, 15) is 14.3 Å². The van der Waals surface area contributed by atoms with Crippen LogP contribution >= 0.6 is 0 Å². The van der Waals surface area contributed by atoms with Gasteiger partial charge in [-0.05, 0) is 72.5 Å². The standard InChI is InChI=1S/C23H19FO3/c1-15-13-18(14-16(2)22(15)25)8-7-17-9-11-19(12-10-17)23(26)27-21-6-4-3-5-20(21)24/h3-14,25H,1-2H3. The Kier molecular flexibility index (Phi) is 5.36. The molecule has 0 unspecified atom stereocenters. The first kappa shape index (κ1) is 18.4. The number of esters is 1. The fraction of sp³-hybridized carbons (Fsp3) is 0.0870. The summed E-state index contributed by atoms with van der Waals surface area (Å²) in [5, 5.41) is 9.83. The molecule has 136 valence electrons. The second kappa shape index (κ2) is 7.87. The number of phenols is 1. The SMILES string of the molecule is Cc1cc(C=Cc2ccc(C(=O)Oc3ccccc3F)cc2)cc(C)c1O. The van der Waals surface area contributed by atoms with Crippen LogP contribution in [0.4, 0.5) is 4.39 Å². The number of rotatable bonds is 4. The minimum atomic E-state index is -0.611. The predicted octanol–water partition coefficient (Wildman–Crippen LogP) is 5.54. The lowest BCUT2D eigenvalue weighted by Crippen LogP contribution is -2.09. The topological polar surface area (TPSA) is 46.5 Å². The van der Waals surface area contributed by atoms with Gasteiger partial charge in [-0.2, -0.15) is 0 Å². The predicted molar refractivity (Wildman–Crippen MR) is 104 cm³/mol. The molecular formula is C23H19FO3. The molecule has 3 aromatic carbocycles. The molecule has 0 aromatic heterocycles. The van der Waals surface area contributed by atoms with Crippen molar-refractivity contribution >= 4 is 18.1 Å². The molecule has 0 aliphatic carbocycles. The third-order valence-electron chi connectivity index (χ3n) is 4.17. The number of halogens is 1. The van der Waals surface area contributed by atoms with Crippen molar-refractivity contribution in [1.29, 1.82) is 0 Å². The van der Waals surface area contributed by atoms with Gasteiger partial charge in [0, 0.05) is 0 Å². The molecule has 27 heavy (non-hydrogen) atoms. The van der Waals surface area contributed by atoms with Gasteiger partial charge in [0.2, 0.25) is 0 Å². The number of hydrogen-bond acceptors (Lipinski definition) is 3. The number of aromatic hydroxyl groups is 1. The summed E-state index contributed by atoms with van der Waals surface area (Å²) in [5.41, 5.74) is 3.86. The van der Waals surface area contributed by atoms with Crippen molar-refractivity contribution in [2.45, 2.75) is 13.8 Å². The molecule has 0 saturated carbocycles. The van der Waals surface area contributed by atoms with Crippen molar-refractivity contribution < 1.29 is 19.0 Å². The summed E-state index contributed by atoms with van der Waals surface area (Å²) in [7, 11) is 0. The summed E-state index contributed by atoms with van der Waals surface area (Å²) in [6.45, 7) is 3.71. The average molecular weight is 362 g/mol. The molecule has 1 N–H and O–H groups in total. The van der Waals surface area contributed by atoms with E-state index in [0.717, 1.165) is 22.3 Å². The highest BCUT2D eigenvalue weighted by atomic mass is 19.1. The van der Waals surface area contributed by atoms with Gasteiger partial charge in [-0.15, -0.1) is 0 Å². The van der Waals surface area contributed by atoms with E-state index in [1.54, 1.807) is 30.3 Å². The normalized spacial score (nSPS) is 10.9. The number of carbonyl (C=O) groups excluding carboxylic acids is 1. The van der Waals surface area contributed by atoms with Gasteiger partial charge >= 0.3 is 5.97 Å². The Labute approximate surface area is 157 Å². The maximum atomic E-state index is 13.6. The zero-order valence-corrected chi connectivity index (χ0v) is 15.1. The van der Waals surface area contributed by atoms with Gasteiger partial charge in [0.15, 0.2) is 11.6 Å². The van der Waals surface area contributed by atoms with Gasteiger partial charge in [-0.25, -0.2) is 9.18 Å². The summed E-state index contributed by atoms with van der Waals surface area (Å²) in [4.78, 5) is 12.1. The molecular weight excluding hydrogens is 343 g/mol. The molecule has 0 aliphatic heterocycles. The Hall–Kier alpha value is -3.40. The molecule has 0 aliphatic rings. The second-order valence-electron chi connectivity index (χ2n) is 6.28. The summed E-state index contributed by atoms with van der Waals surface area (Å²) >= 11 is 0. The van der Waals surface area contributed by atoms with Crippen LogP contribution in [0.2, 0.25) is 0 Å². The summed E-state index contributed by atoms with van der Waals surface area (Å²) in [6.07, 6.45) is 3.85. The van der Waals surface area contributed by atoms with Crippen molar-refractivity contribution in [2.24, 2.45) is 0 Å². The van der Waals surface area contributed by atoms with Gasteiger partial charge in [0.1, 0.15) is 5.75 Å². The number of aryl methyl sites for hydroxylation is 2. The third kappa shape index (κ3) is 4.42. The Morgan fingerprint density at radius 3 is 2.15 bits per heavy atom. The molecule has 0 saturated heterocycles. The highest BCUT2D eigenvalue weighted by Gasteiger charge is 2.11. The van der Waals surface area contributed by atoms with Crippen LogP contribution in [0, 0.1) is 19.7 Å². The van der Waals surface area contributed by atoms with Crippen molar-refractivity contribution in [3.8, 4) is 11.5 Å². The molecule has 0 bridgehead atoms. The second-order valence-corrected chi connectivity index (χ2v) is 6.28. The van der Waals surface area contributed by atoms with Crippen molar-refractivity contribution in [1.82, 2.24) is 0 Å². The van der Waals surface area contributed by atoms with E-state index in [2.05, 4.69) is 0 Å². The lowest BCUT2D eigenvalue weighted by molar-refractivity contribution is 0.0728. The third-order valence-corrected chi connectivity index (χ3v) is 4.17. The molecule has 0 atom stereocenters. The fourth-order valence-electron chi connectivity index (χ4n) is 2.69. The molecule has 3 rings (SSSR count). The Morgan fingerprint density at radius 2 is 1.52 bits per heavy atom. The first-order chi connectivity index (χ1) is 12.9. The highest BCUT2D eigenvalue weighted by Crippen LogP contribution is 2.24. The lowest BCUT2D eigenvalue weighted by Gasteiger charge is -2.06. The number of carbonyl (C=O) groups is 1.